The molecule has 0 saturated heterocycles. The maximum Gasteiger partial charge on any atom is 0.270 e. The van der Waals surface area contributed by atoms with E-state index < -0.39 is 10.0 Å². The van der Waals surface area contributed by atoms with Crippen LogP contribution in [0.3, 0.4) is 0 Å². The molecule has 0 fully saturated rings. The van der Waals surface area contributed by atoms with Crippen molar-refractivity contribution in [3.05, 3.63) is 70.4 Å². The molecule has 134 valence electrons. The van der Waals surface area contributed by atoms with E-state index in [2.05, 4.69) is 10.3 Å². The van der Waals surface area contributed by atoms with Crippen molar-refractivity contribution in [2.45, 2.75) is 18.4 Å². The molecule has 0 aliphatic rings. The van der Waals surface area contributed by atoms with Crippen molar-refractivity contribution in [1.82, 2.24) is 10.3 Å². The van der Waals surface area contributed by atoms with Crippen LogP contribution in [0.25, 0.3) is 10.9 Å². The Labute approximate surface area is 156 Å². The second kappa shape index (κ2) is 7.03. The fourth-order valence-electron chi connectivity index (χ4n) is 2.53. The summed E-state index contributed by atoms with van der Waals surface area (Å²) in [5.41, 5.74) is 2.42. The van der Waals surface area contributed by atoms with Gasteiger partial charge in [-0.25, -0.2) is 18.5 Å². The number of nitrogens with one attached hydrogen (secondary N) is 1. The number of pyridine rings is 1. The number of benzene rings is 2. The molecule has 0 aliphatic heterocycles. The van der Waals surface area contributed by atoms with Gasteiger partial charge in [-0.1, -0.05) is 29.8 Å². The van der Waals surface area contributed by atoms with Gasteiger partial charge in [0.1, 0.15) is 5.69 Å². The van der Waals surface area contributed by atoms with Gasteiger partial charge in [-0.3, -0.25) is 4.79 Å². The van der Waals surface area contributed by atoms with Crippen LogP contribution in [0.5, 0.6) is 0 Å². The van der Waals surface area contributed by atoms with Gasteiger partial charge < -0.3 is 5.32 Å². The second-order valence-electron chi connectivity index (χ2n) is 5.85. The average Bonchev–Trinajstić information content (AvgIpc) is 2.58. The summed E-state index contributed by atoms with van der Waals surface area (Å²) in [5.74, 6) is -0.332. The summed E-state index contributed by atoms with van der Waals surface area (Å²) in [5, 5.41) is 9.33. The summed E-state index contributed by atoms with van der Waals surface area (Å²) in [6.07, 6.45) is 0. The quantitative estimate of drug-likeness (QED) is 0.716. The smallest absolute Gasteiger partial charge is 0.270 e. The number of rotatable bonds is 4. The molecule has 1 amide bonds. The van der Waals surface area contributed by atoms with Crippen molar-refractivity contribution >= 4 is 38.4 Å². The molecule has 0 atom stereocenters. The zero-order chi connectivity index (χ0) is 18.9. The number of aryl methyl sites for hydroxylation is 1. The molecular formula is C18H16ClN3O3S. The SMILES string of the molecule is Cc1cc(S(N)(=O)=O)ccc1CNC(=O)c1ccc2ccc(Cl)cc2n1. The minimum absolute atomic E-state index is 0.0400. The summed E-state index contributed by atoms with van der Waals surface area (Å²) >= 11 is 5.96. The maximum absolute atomic E-state index is 12.4. The lowest BCUT2D eigenvalue weighted by Crippen LogP contribution is -2.24. The first-order valence-corrected chi connectivity index (χ1v) is 9.63. The third-order valence-electron chi connectivity index (χ3n) is 3.97. The molecule has 8 heteroatoms. The van der Waals surface area contributed by atoms with E-state index >= 15 is 0 Å². The molecule has 26 heavy (non-hydrogen) atoms. The largest absolute Gasteiger partial charge is 0.347 e. The Morgan fingerprint density at radius 1 is 1.15 bits per heavy atom. The number of halogens is 1. The highest BCUT2D eigenvalue weighted by Gasteiger charge is 2.12. The van der Waals surface area contributed by atoms with Gasteiger partial charge in [-0.05, 0) is 48.4 Å². The maximum atomic E-state index is 12.4. The van der Waals surface area contributed by atoms with Crippen molar-refractivity contribution in [1.29, 1.82) is 0 Å². The topological polar surface area (TPSA) is 102 Å². The van der Waals surface area contributed by atoms with E-state index in [4.69, 9.17) is 16.7 Å². The Balaban J connectivity index is 1.77. The van der Waals surface area contributed by atoms with Gasteiger partial charge in [-0.15, -0.1) is 0 Å². The highest BCUT2D eigenvalue weighted by molar-refractivity contribution is 7.89. The number of hydrogen-bond donors (Lipinski definition) is 2. The van der Waals surface area contributed by atoms with Crippen molar-refractivity contribution < 1.29 is 13.2 Å². The first-order chi connectivity index (χ1) is 12.2. The molecule has 3 rings (SSSR count). The van der Waals surface area contributed by atoms with Crippen molar-refractivity contribution in [2.24, 2.45) is 5.14 Å². The number of amides is 1. The summed E-state index contributed by atoms with van der Waals surface area (Å²) in [4.78, 5) is 16.7. The highest BCUT2D eigenvalue weighted by atomic mass is 35.5. The van der Waals surface area contributed by atoms with Gasteiger partial charge in [-0.2, -0.15) is 0 Å². The number of primary sulfonamides is 1. The second-order valence-corrected chi connectivity index (χ2v) is 7.85. The Kier molecular flexibility index (Phi) is 4.95. The number of hydrogen-bond acceptors (Lipinski definition) is 4. The van der Waals surface area contributed by atoms with Crippen LogP contribution in [0.2, 0.25) is 5.02 Å². The van der Waals surface area contributed by atoms with Crippen LogP contribution in [0, 0.1) is 6.92 Å². The van der Waals surface area contributed by atoms with Gasteiger partial charge in [0.15, 0.2) is 0 Å². The molecule has 0 saturated carbocycles. The van der Waals surface area contributed by atoms with Crippen LogP contribution >= 0.6 is 11.6 Å². The fraction of sp³-hybridized carbons (Fsp3) is 0.111. The van der Waals surface area contributed by atoms with Crippen LogP contribution < -0.4 is 10.5 Å². The molecule has 3 N–H and O–H groups in total. The number of carbonyl (C=O) groups is 1. The predicted octanol–water partition coefficient (Wildman–Crippen LogP) is 2.77. The normalized spacial score (nSPS) is 11.5. The Hall–Kier alpha value is -2.48. The molecule has 6 nitrogen and oxygen atoms in total. The van der Waals surface area contributed by atoms with Gasteiger partial charge >= 0.3 is 0 Å². The molecule has 1 aromatic heterocycles. The minimum Gasteiger partial charge on any atom is -0.347 e. The number of nitrogens with two attached hydrogens (primary N) is 1. The lowest BCUT2D eigenvalue weighted by Gasteiger charge is -2.09. The van der Waals surface area contributed by atoms with Crippen LogP contribution in [-0.4, -0.2) is 19.3 Å². The summed E-state index contributed by atoms with van der Waals surface area (Å²) in [7, 11) is -3.75. The number of fused-ring (bicyclic) bond motifs is 1. The number of aromatic nitrogens is 1. The van der Waals surface area contributed by atoms with Crippen LogP contribution in [0.4, 0.5) is 0 Å². The van der Waals surface area contributed by atoms with Gasteiger partial charge in [0, 0.05) is 17.0 Å². The number of sulfonamides is 1. The van der Waals surface area contributed by atoms with Crippen LogP contribution in [0.1, 0.15) is 21.6 Å². The van der Waals surface area contributed by atoms with E-state index in [-0.39, 0.29) is 23.0 Å². The van der Waals surface area contributed by atoms with E-state index in [1.54, 1.807) is 37.3 Å². The molecule has 0 bridgehead atoms. The van der Waals surface area contributed by atoms with E-state index in [1.165, 1.54) is 12.1 Å². The molecule has 3 aromatic rings. The Bertz CT molecular complexity index is 1110. The third-order valence-corrected chi connectivity index (χ3v) is 5.11. The van der Waals surface area contributed by atoms with Crippen LogP contribution in [-0.2, 0) is 16.6 Å². The minimum atomic E-state index is -3.75. The first-order valence-electron chi connectivity index (χ1n) is 7.71. The zero-order valence-electron chi connectivity index (χ0n) is 13.9. The van der Waals surface area contributed by atoms with Crippen molar-refractivity contribution in [2.75, 3.05) is 0 Å². The summed E-state index contributed by atoms with van der Waals surface area (Å²) in [6, 6.07) is 13.3. The standard InChI is InChI=1S/C18H16ClN3O3S/c1-11-8-15(26(20,24)25)6-3-13(11)10-21-18(23)16-7-4-12-2-5-14(19)9-17(12)22-16/h2-9H,10H2,1H3,(H,21,23)(H2,20,24,25). The third kappa shape index (κ3) is 4.01. The van der Waals surface area contributed by atoms with Gasteiger partial charge in [0.05, 0.1) is 10.4 Å². The lowest BCUT2D eigenvalue weighted by molar-refractivity contribution is 0.0946. The average molecular weight is 390 g/mol. The van der Waals surface area contributed by atoms with E-state index in [1.807, 2.05) is 6.07 Å². The van der Waals surface area contributed by atoms with E-state index in [9.17, 15) is 13.2 Å². The highest BCUT2D eigenvalue weighted by Crippen LogP contribution is 2.18. The molecule has 0 aliphatic carbocycles. The zero-order valence-corrected chi connectivity index (χ0v) is 15.4. The molecule has 0 unspecified atom stereocenters. The van der Waals surface area contributed by atoms with Crippen molar-refractivity contribution in [3.63, 3.8) is 0 Å². The Morgan fingerprint density at radius 2 is 1.88 bits per heavy atom. The number of nitrogens with zero attached hydrogens (tertiary/aromatic N) is 1. The summed E-state index contributed by atoms with van der Waals surface area (Å²) in [6.45, 7) is 2.00. The number of carbonyl (C=O) groups excluding carboxylic acids is 1. The van der Waals surface area contributed by atoms with Crippen molar-refractivity contribution in [3.8, 4) is 0 Å². The summed E-state index contributed by atoms with van der Waals surface area (Å²) < 4.78 is 22.7. The first kappa shape index (κ1) is 18.3. The monoisotopic (exact) mass is 389 g/mol. The molecule has 2 aromatic carbocycles. The molecule has 0 radical (unpaired) electrons. The Morgan fingerprint density at radius 3 is 2.58 bits per heavy atom. The van der Waals surface area contributed by atoms with Crippen LogP contribution in [0.15, 0.2) is 53.4 Å². The predicted molar refractivity (Wildman–Crippen MR) is 100 cm³/mol. The van der Waals surface area contributed by atoms with Gasteiger partial charge in [0.2, 0.25) is 10.0 Å². The van der Waals surface area contributed by atoms with E-state index in [0.29, 0.717) is 10.5 Å². The van der Waals surface area contributed by atoms with E-state index in [0.717, 1.165) is 16.5 Å². The lowest BCUT2D eigenvalue weighted by atomic mass is 10.1. The van der Waals surface area contributed by atoms with Gasteiger partial charge in [0.25, 0.3) is 5.91 Å². The molecule has 1 heterocycles. The molecule has 0 spiro atoms. The fourth-order valence-corrected chi connectivity index (χ4v) is 3.29. The molecular weight excluding hydrogens is 374 g/mol.